The van der Waals surface area contributed by atoms with E-state index < -0.39 is 10.8 Å². The number of nitro benzene ring substituents is 1. The molecule has 8 nitrogen and oxygen atoms in total. The maximum atomic E-state index is 12.2. The number of methoxy groups -OCH3 is 1. The van der Waals surface area contributed by atoms with Crippen molar-refractivity contribution in [3.8, 4) is 11.5 Å². The summed E-state index contributed by atoms with van der Waals surface area (Å²) in [7, 11) is 1.61. The van der Waals surface area contributed by atoms with Crippen LogP contribution in [-0.2, 0) is 6.61 Å². The SMILES string of the molecule is COc1cccc(COc2ccc(C(=O)N/N=C/c3ccccc3[N+](=O)[O-])cc2)c1. The molecule has 0 saturated heterocycles. The second-order valence-electron chi connectivity index (χ2n) is 6.18. The Balaban J connectivity index is 1.56. The van der Waals surface area contributed by atoms with Crippen LogP contribution in [0.3, 0.4) is 0 Å². The number of para-hydroxylation sites is 1. The Morgan fingerprint density at radius 1 is 1.07 bits per heavy atom. The molecule has 0 fully saturated rings. The fraction of sp³-hybridized carbons (Fsp3) is 0.0909. The van der Waals surface area contributed by atoms with Gasteiger partial charge >= 0.3 is 0 Å². The van der Waals surface area contributed by atoms with Crippen LogP contribution in [0.1, 0.15) is 21.5 Å². The number of rotatable bonds is 8. The summed E-state index contributed by atoms with van der Waals surface area (Å²) in [6.45, 7) is 0.364. The van der Waals surface area contributed by atoms with Crippen LogP contribution >= 0.6 is 0 Å². The summed E-state index contributed by atoms with van der Waals surface area (Å²) >= 11 is 0. The van der Waals surface area contributed by atoms with Gasteiger partial charge in [0.2, 0.25) is 0 Å². The van der Waals surface area contributed by atoms with Crippen LogP contribution in [0.5, 0.6) is 11.5 Å². The first-order valence-electron chi connectivity index (χ1n) is 8.99. The van der Waals surface area contributed by atoms with E-state index in [0.717, 1.165) is 11.3 Å². The molecule has 0 spiro atoms. The number of nitro groups is 1. The van der Waals surface area contributed by atoms with Gasteiger partial charge in [-0.2, -0.15) is 5.10 Å². The highest BCUT2D eigenvalue weighted by Crippen LogP contribution is 2.17. The highest BCUT2D eigenvalue weighted by Gasteiger charge is 2.10. The van der Waals surface area contributed by atoms with Crippen molar-refractivity contribution in [1.29, 1.82) is 0 Å². The minimum absolute atomic E-state index is 0.0898. The summed E-state index contributed by atoms with van der Waals surface area (Å²) < 4.78 is 10.9. The van der Waals surface area contributed by atoms with E-state index in [9.17, 15) is 14.9 Å². The average Bonchev–Trinajstić information content (AvgIpc) is 2.78. The van der Waals surface area contributed by atoms with Gasteiger partial charge in [0.25, 0.3) is 11.6 Å². The van der Waals surface area contributed by atoms with Crippen molar-refractivity contribution in [2.24, 2.45) is 5.10 Å². The van der Waals surface area contributed by atoms with Gasteiger partial charge < -0.3 is 9.47 Å². The van der Waals surface area contributed by atoms with Gasteiger partial charge in [0.05, 0.1) is 23.8 Å². The average molecular weight is 405 g/mol. The third kappa shape index (κ3) is 5.41. The normalized spacial score (nSPS) is 10.6. The number of carbonyl (C=O) groups excluding carboxylic acids is 1. The van der Waals surface area contributed by atoms with Crippen LogP contribution in [0.4, 0.5) is 5.69 Å². The number of carbonyl (C=O) groups is 1. The van der Waals surface area contributed by atoms with Gasteiger partial charge in [-0.25, -0.2) is 5.43 Å². The summed E-state index contributed by atoms with van der Waals surface area (Å²) in [5.41, 5.74) is 3.90. The Labute approximate surface area is 172 Å². The number of nitrogens with zero attached hydrogens (tertiary/aromatic N) is 2. The monoisotopic (exact) mass is 405 g/mol. The maximum Gasteiger partial charge on any atom is 0.278 e. The van der Waals surface area contributed by atoms with Gasteiger partial charge in [-0.3, -0.25) is 14.9 Å². The molecule has 3 rings (SSSR count). The predicted molar refractivity (Wildman–Crippen MR) is 112 cm³/mol. The standard InChI is InChI=1S/C22H19N3O5/c1-29-20-7-4-5-16(13-20)15-30-19-11-9-17(10-12-19)22(26)24-23-14-18-6-2-3-8-21(18)25(27)28/h2-14H,15H2,1H3,(H,24,26)/b23-14+. The molecule has 3 aromatic rings. The number of benzene rings is 3. The second-order valence-corrected chi connectivity index (χ2v) is 6.18. The van der Waals surface area contributed by atoms with E-state index >= 15 is 0 Å². The minimum atomic E-state index is -0.507. The molecule has 8 heteroatoms. The first-order valence-corrected chi connectivity index (χ1v) is 8.99. The number of nitrogens with one attached hydrogen (secondary N) is 1. The van der Waals surface area contributed by atoms with Crippen molar-refractivity contribution >= 4 is 17.8 Å². The molecule has 3 aromatic carbocycles. The molecule has 0 heterocycles. The van der Waals surface area contributed by atoms with Gasteiger partial charge in [0.15, 0.2) is 0 Å². The van der Waals surface area contributed by atoms with Gasteiger partial charge in [-0.05, 0) is 48.0 Å². The van der Waals surface area contributed by atoms with E-state index in [0.29, 0.717) is 23.5 Å². The van der Waals surface area contributed by atoms with Crippen LogP contribution in [0.2, 0.25) is 0 Å². The first kappa shape index (κ1) is 20.5. The molecular formula is C22H19N3O5. The van der Waals surface area contributed by atoms with E-state index in [1.165, 1.54) is 12.3 Å². The molecule has 1 amide bonds. The van der Waals surface area contributed by atoms with Crippen molar-refractivity contribution in [1.82, 2.24) is 5.43 Å². The lowest BCUT2D eigenvalue weighted by Gasteiger charge is -2.08. The van der Waals surface area contributed by atoms with Gasteiger partial charge in [0, 0.05) is 11.6 Å². The first-order chi connectivity index (χ1) is 14.6. The van der Waals surface area contributed by atoms with Gasteiger partial charge in [0.1, 0.15) is 18.1 Å². The zero-order valence-corrected chi connectivity index (χ0v) is 16.1. The molecule has 0 aliphatic heterocycles. The van der Waals surface area contributed by atoms with Crippen LogP contribution in [0, 0.1) is 10.1 Å². The van der Waals surface area contributed by atoms with Crippen molar-refractivity contribution in [3.05, 3.63) is 99.6 Å². The van der Waals surface area contributed by atoms with Crippen molar-refractivity contribution in [2.45, 2.75) is 6.61 Å². The number of hydrogen-bond donors (Lipinski definition) is 1. The molecule has 0 bridgehead atoms. The molecule has 0 aliphatic carbocycles. The number of ether oxygens (including phenoxy) is 2. The quantitative estimate of drug-likeness (QED) is 0.347. The molecule has 0 atom stereocenters. The number of hydrazone groups is 1. The van der Waals surface area contributed by atoms with E-state index in [4.69, 9.17) is 9.47 Å². The third-order valence-electron chi connectivity index (χ3n) is 4.16. The Morgan fingerprint density at radius 2 is 1.83 bits per heavy atom. The van der Waals surface area contributed by atoms with E-state index in [-0.39, 0.29) is 5.69 Å². The Morgan fingerprint density at radius 3 is 2.57 bits per heavy atom. The molecule has 0 aliphatic rings. The number of amides is 1. The zero-order valence-electron chi connectivity index (χ0n) is 16.1. The summed E-state index contributed by atoms with van der Waals surface area (Å²) in [5.74, 6) is 0.923. The summed E-state index contributed by atoms with van der Waals surface area (Å²) in [4.78, 5) is 22.7. The van der Waals surface area contributed by atoms with Crippen molar-refractivity contribution in [2.75, 3.05) is 7.11 Å². The molecule has 1 N–H and O–H groups in total. The predicted octanol–water partition coefficient (Wildman–Crippen LogP) is 3.95. The van der Waals surface area contributed by atoms with Crippen LogP contribution < -0.4 is 14.9 Å². The molecular weight excluding hydrogens is 386 g/mol. The van der Waals surface area contributed by atoms with Crippen LogP contribution in [-0.4, -0.2) is 24.2 Å². The topological polar surface area (TPSA) is 103 Å². The second kappa shape index (κ2) is 9.83. The highest BCUT2D eigenvalue weighted by atomic mass is 16.6. The van der Waals surface area contributed by atoms with Crippen LogP contribution in [0.15, 0.2) is 77.9 Å². The smallest absolute Gasteiger partial charge is 0.278 e. The Kier molecular flexibility index (Phi) is 6.73. The van der Waals surface area contributed by atoms with E-state index in [2.05, 4.69) is 10.5 Å². The highest BCUT2D eigenvalue weighted by molar-refractivity contribution is 5.95. The van der Waals surface area contributed by atoms with E-state index in [1.54, 1.807) is 49.6 Å². The Bertz CT molecular complexity index is 1060. The lowest BCUT2D eigenvalue weighted by molar-refractivity contribution is -0.385. The molecule has 0 aromatic heterocycles. The van der Waals surface area contributed by atoms with E-state index in [1.807, 2.05) is 24.3 Å². The minimum Gasteiger partial charge on any atom is -0.497 e. The summed E-state index contributed by atoms with van der Waals surface area (Å²) in [5, 5.41) is 14.8. The molecule has 152 valence electrons. The molecule has 0 unspecified atom stereocenters. The molecule has 0 radical (unpaired) electrons. The lowest BCUT2D eigenvalue weighted by Crippen LogP contribution is -2.17. The maximum absolute atomic E-state index is 12.2. The van der Waals surface area contributed by atoms with Crippen molar-refractivity contribution in [3.63, 3.8) is 0 Å². The molecule has 0 saturated carbocycles. The van der Waals surface area contributed by atoms with Gasteiger partial charge in [-0.15, -0.1) is 0 Å². The Hall–Kier alpha value is -4.20. The fourth-order valence-electron chi connectivity index (χ4n) is 2.62. The summed E-state index contributed by atoms with van der Waals surface area (Å²) in [6.07, 6.45) is 1.24. The number of hydrogen-bond acceptors (Lipinski definition) is 6. The fourth-order valence-corrected chi connectivity index (χ4v) is 2.62. The zero-order chi connectivity index (χ0) is 21.3. The summed E-state index contributed by atoms with van der Waals surface area (Å²) in [6, 6.07) is 20.3. The van der Waals surface area contributed by atoms with Crippen LogP contribution in [0.25, 0.3) is 0 Å². The van der Waals surface area contributed by atoms with Gasteiger partial charge in [-0.1, -0.05) is 24.3 Å². The lowest BCUT2D eigenvalue weighted by atomic mass is 10.2. The third-order valence-corrected chi connectivity index (χ3v) is 4.16. The van der Waals surface area contributed by atoms with Crippen molar-refractivity contribution < 1.29 is 19.2 Å². The largest absolute Gasteiger partial charge is 0.497 e. The molecule has 30 heavy (non-hydrogen) atoms.